The summed E-state index contributed by atoms with van der Waals surface area (Å²) < 4.78 is 5.15. The topological polar surface area (TPSA) is 61.7 Å². The Hall–Kier alpha value is -1.10. The minimum atomic E-state index is -1.09. The molecule has 0 aliphatic rings. The van der Waals surface area contributed by atoms with Crippen LogP contribution in [0.25, 0.3) is 0 Å². The SMILES string of the molecule is COc1cccc(C(C)NCC(C)(O)CO)c1. The monoisotopic (exact) mass is 239 g/mol. The van der Waals surface area contributed by atoms with Crippen molar-refractivity contribution in [3.63, 3.8) is 0 Å². The van der Waals surface area contributed by atoms with E-state index in [-0.39, 0.29) is 12.6 Å². The molecular formula is C13H21NO3. The zero-order chi connectivity index (χ0) is 12.9. The zero-order valence-electron chi connectivity index (χ0n) is 10.6. The molecule has 4 nitrogen and oxygen atoms in total. The van der Waals surface area contributed by atoms with Crippen molar-refractivity contribution in [3.8, 4) is 5.75 Å². The normalized spacial score (nSPS) is 16.3. The molecule has 1 aromatic carbocycles. The minimum absolute atomic E-state index is 0.0862. The van der Waals surface area contributed by atoms with Gasteiger partial charge in [0.1, 0.15) is 5.75 Å². The summed E-state index contributed by atoms with van der Waals surface area (Å²) in [5, 5.41) is 21.8. The summed E-state index contributed by atoms with van der Waals surface area (Å²) in [5.74, 6) is 0.810. The van der Waals surface area contributed by atoms with Gasteiger partial charge in [-0.05, 0) is 31.5 Å². The summed E-state index contributed by atoms with van der Waals surface area (Å²) in [6.45, 7) is 3.67. The van der Waals surface area contributed by atoms with Crippen molar-refractivity contribution in [1.82, 2.24) is 5.32 Å². The minimum Gasteiger partial charge on any atom is -0.497 e. The molecule has 0 radical (unpaired) electrons. The molecular weight excluding hydrogens is 218 g/mol. The lowest BCUT2D eigenvalue weighted by atomic mass is 10.1. The number of ether oxygens (including phenoxy) is 1. The van der Waals surface area contributed by atoms with Gasteiger partial charge >= 0.3 is 0 Å². The number of methoxy groups -OCH3 is 1. The van der Waals surface area contributed by atoms with E-state index in [1.165, 1.54) is 0 Å². The lowest BCUT2D eigenvalue weighted by Crippen LogP contribution is -2.41. The van der Waals surface area contributed by atoms with Gasteiger partial charge < -0.3 is 20.3 Å². The largest absolute Gasteiger partial charge is 0.497 e. The van der Waals surface area contributed by atoms with E-state index in [9.17, 15) is 5.11 Å². The summed E-state index contributed by atoms with van der Waals surface area (Å²) >= 11 is 0. The highest BCUT2D eigenvalue weighted by Crippen LogP contribution is 2.19. The third kappa shape index (κ3) is 4.34. The first kappa shape index (κ1) is 14.0. The molecule has 0 saturated carbocycles. The van der Waals surface area contributed by atoms with Crippen LogP contribution in [0.5, 0.6) is 5.75 Å². The lowest BCUT2D eigenvalue weighted by Gasteiger charge is -2.24. The fraction of sp³-hybridized carbons (Fsp3) is 0.538. The Morgan fingerprint density at radius 3 is 2.76 bits per heavy atom. The standard InChI is InChI=1S/C13H21NO3/c1-10(14-8-13(2,16)9-15)11-5-4-6-12(7-11)17-3/h4-7,10,14-16H,8-9H2,1-3H3. The number of benzene rings is 1. The highest BCUT2D eigenvalue weighted by Gasteiger charge is 2.19. The van der Waals surface area contributed by atoms with Crippen LogP contribution in [0.3, 0.4) is 0 Å². The van der Waals surface area contributed by atoms with Gasteiger partial charge in [0.2, 0.25) is 0 Å². The van der Waals surface area contributed by atoms with Gasteiger partial charge in [-0.25, -0.2) is 0 Å². The lowest BCUT2D eigenvalue weighted by molar-refractivity contribution is 0.00106. The number of aliphatic hydroxyl groups excluding tert-OH is 1. The van der Waals surface area contributed by atoms with Gasteiger partial charge in [-0.3, -0.25) is 0 Å². The Labute approximate surface area is 102 Å². The Morgan fingerprint density at radius 1 is 1.47 bits per heavy atom. The summed E-state index contributed by atoms with van der Waals surface area (Å²) in [6.07, 6.45) is 0. The van der Waals surface area contributed by atoms with Gasteiger partial charge in [0, 0.05) is 12.6 Å². The van der Waals surface area contributed by atoms with E-state index in [2.05, 4.69) is 5.32 Å². The summed E-state index contributed by atoms with van der Waals surface area (Å²) in [4.78, 5) is 0. The molecule has 2 unspecified atom stereocenters. The highest BCUT2D eigenvalue weighted by atomic mass is 16.5. The van der Waals surface area contributed by atoms with Gasteiger partial charge in [-0.1, -0.05) is 12.1 Å². The second-order valence-corrected chi connectivity index (χ2v) is 4.53. The molecule has 0 spiro atoms. The maximum Gasteiger partial charge on any atom is 0.119 e. The molecule has 4 heteroatoms. The van der Waals surface area contributed by atoms with Gasteiger partial charge in [0.25, 0.3) is 0 Å². The van der Waals surface area contributed by atoms with Gasteiger partial charge in [0.05, 0.1) is 19.3 Å². The van der Waals surface area contributed by atoms with Crippen LogP contribution < -0.4 is 10.1 Å². The van der Waals surface area contributed by atoms with Gasteiger partial charge in [0.15, 0.2) is 0 Å². The zero-order valence-corrected chi connectivity index (χ0v) is 10.6. The first-order valence-electron chi connectivity index (χ1n) is 5.69. The molecule has 0 aromatic heterocycles. The molecule has 0 amide bonds. The van der Waals surface area contributed by atoms with Crippen LogP contribution in [-0.4, -0.2) is 36.1 Å². The number of rotatable bonds is 6. The molecule has 1 aromatic rings. The molecule has 1 rings (SSSR count). The van der Waals surface area contributed by atoms with Crippen LogP contribution in [0.4, 0.5) is 0 Å². The Kier molecular flexibility index (Phi) is 4.93. The van der Waals surface area contributed by atoms with Crippen molar-refractivity contribution >= 4 is 0 Å². The highest BCUT2D eigenvalue weighted by molar-refractivity contribution is 5.30. The molecule has 0 aliphatic heterocycles. The van der Waals surface area contributed by atoms with Crippen molar-refractivity contribution in [2.45, 2.75) is 25.5 Å². The van der Waals surface area contributed by atoms with Crippen molar-refractivity contribution in [3.05, 3.63) is 29.8 Å². The van der Waals surface area contributed by atoms with Crippen LogP contribution in [0, 0.1) is 0 Å². The number of hydrogen-bond acceptors (Lipinski definition) is 4. The fourth-order valence-electron chi connectivity index (χ4n) is 1.46. The third-order valence-corrected chi connectivity index (χ3v) is 2.72. The van der Waals surface area contributed by atoms with Crippen molar-refractivity contribution in [2.24, 2.45) is 0 Å². The average molecular weight is 239 g/mol. The van der Waals surface area contributed by atoms with E-state index in [1.807, 2.05) is 31.2 Å². The van der Waals surface area contributed by atoms with E-state index in [0.29, 0.717) is 6.54 Å². The van der Waals surface area contributed by atoms with E-state index in [0.717, 1.165) is 11.3 Å². The summed E-state index contributed by atoms with van der Waals surface area (Å²) in [5.41, 5.74) is -0.00859. The summed E-state index contributed by atoms with van der Waals surface area (Å²) in [7, 11) is 1.63. The molecule has 0 aliphatic carbocycles. The van der Waals surface area contributed by atoms with Crippen LogP contribution in [0.2, 0.25) is 0 Å². The van der Waals surface area contributed by atoms with E-state index < -0.39 is 5.60 Å². The molecule has 2 atom stereocenters. The predicted octanol–water partition coefficient (Wildman–Crippen LogP) is 1.09. The fourth-order valence-corrected chi connectivity index (χ4v) is 1.46. The van der Waals surface area contributed by atoms with Crippen LogP contribution in [0.15, 0.2) is 24.3 Å². The summed E-state index contributed by atoms with van der Waals surface area (Å²) in [6, 6.07) is 7.85. The Bertz CT molecular complexity index is 352. The van der Waals surface area contributed by atoms with Crippen LogP contribution >= 0.6 is 0 Å². The smallest absolute Gasteiger partial charge is 0.119 e. The average Bonchev–Trinajstić information content (AvgIpc) is 2.36. The third-order valence-electron chi connectivity index (χ3n) is 2.72. The molecule has 0 saturated heterocycles. The van der Waals surface area contributed by atoms with Gasteiger partial charge in [-0.15, -0.1) is 0 Å². The first-order chi connectivity index (χ1) is 7.98. The number of nitrogens with one attached hydrogen (secondary N) is 1. The second-order valence-electron chi connectivity index (χ2n) is 4.53. The van der Waals surface area contributed by atoms with Crippen molar-refractivity contribution in [2.75, 3.05) is 20.3 Å². The van der Waals surface area contributed by atoms with E-state index in [4.69, 9.17) is 9.84 Å². The van der Waals surface area contributed by atoms with Crippen LogP contribution in [0.1, 0.15) is 25.5 Å². The van der Waals surface area contributed by atoms with E-state index >= 15 is 0 Å². The quantitative estimate of drug-likeness (QED) is 0.695. The Balaban J connectivity index is 2.60. The van der Waals surface area contributed by atoms with E-state index in [1.54, 1.807) is 14.0 Å². The molecule has 96 valence electrons. The molecule has 0 fully saturated rings. The van der Waals surface area contributed by atoms with Gasteiger partial charge in [-0.2, -0.15) is 0 Å². The molecule has 0 bridgehead atoms. The molecule has 3 N–H and O–H groups in total. The van der Waals surface area contributed by atoms with Crippen LogP contribution in [-0.2, 0) is 0 Å². The first-order valence-corrected chi connectivity index (χ1v) is 5.69. The Morgan fingerprint density at radius 2 is 2.18 bits per heavy atom. The number of hydrogen-bond donors (Lipinski definition) is 3. The second kappa shape index (κ2) is 6.00. The van der Waals surface area contributed by atoms with Crippen molar-refractivity contribution < 1.29 is 14.9 Å². The predicted molar refractivity (Wildman–Crippen MR) is 67.1 cm³/mol. The number of aliphatic hydroxyl groups is 2. The maximum atomic E-state index is 9.68. The molecule has 17 heavy (non-hydrogen) atoms. The maximum absolute atomic E-state index is 9.68. The molecule has 0 heterocycles. The van der Waals surface area contributed by atoms with Crippen molar-refractivity contribution in [1.29, 1.82) is 0 Å².